The number of hydrogen-bond acceptors (Lipinski definition) is 2. The van der Waals surface area contributed by atoms with Crippen LogP contribution in [0.2, 0.25) is 5.02 Å². The van der Waals surface area contributed by atoms with Gasteiger partial charge >= 0.3 is 0 Å². The molecule has 2 unspecified atom stereocenters. The summed E-state index contributed by atoms with van der Waals surface area (Å²) in [7, 11) is 0. The molecule has 1 N–H and O–H groups in total. The number of benzene rings is 3. The topological polar surface area (TPSA) is 29.1 Å². The number of carbonyl (C=O) groups is 1. The second-order valence-electron chi connectivity index (χ2n) is 7.67. The lowest BCUT2D eigenvalue weighted by molar-refractivity contribution is -0.116. The van der Waals surface area contributed by atoms with E-state index >= 15 is 0 Å². The van der Waals surface area contributed by atoms with Crippen LogP contribution in [0.4, 0.5) is 5.69 Å². The van der Waals surface area contributed by atoms with Crippen LogP contribution >= 0.6 is 11.6 Å². The summed E-state index contributed by atoms with van der Waals surface area (Å²) in [5, 5.41) is 6.78. The van der Waals surface area contributed by atoms with E-state index in [1.54, 1.807) is 0 Å². The molecule has 3 heteroatoms. The first kappa shape index (κ1) is 16.6. The SMILES string of the molecule is CC1CC(=O)C2=C(C1)c1c(ccc3ccccc13)NC2c1ccc(Cl)cc1. The molecule has 1 heterocycles. The normalized spacial score (nSPS) is 21.6. The molecule has 0 saturated carbocycles. The molecule has 3 aromatic rings. The number of hydrogen-bond donors (Lipinski definition) is 1. The van der Waals surface area contributed by atoms with Crippen molar-refractivity contribution in [2.24, 2.45) is 5.92 Å². The van der Waals surface area contributed by atoms with E-state index in [1.807, 2.05) is 24.3 Å². The molecule has 2 nitrogen and oxygen atoms in total. The Bertz CT molecular complexity index is 1100. The van der Waals surface area contributed by atoms with E-state index in [2.05, 4.69) is 48.6 Å². The van der Waals surface area contributed by atoms with Crippen LogP contribution in [0.15, 0.2) is 66.2 Å². The van der Waals surface area contributed by atoms with Crippen molar-refractivity contribution in [2.75, 3.05) is 5.32 Å². The van der Waals surface area contributed by atoms with Gasteiger partial charge in [-0.3, -0.25) is 4.79 Å². The Hall–Kier alpha value is -2.58. The van der Waals surface area contributed by atoms with Crippen molar-refractivity contribution < 1.29 is 4.79 Å². The fourth-order valence-corrected chi connectivity index (χ4v) is 4.67. The van der Waals surface area contributed by atoms with Gasteiger partial charge in [0.05, 0.1) is 6.04 Å². The Morgan fingerprint density at radius 2 is 1.74 bits per heavy atom. The minimum absolute atomic E-state index is 0.120. The predicted octanol–water partition coefficient (Wildman–Crippen LogP) is 6.41. The first-order valence-electron chi connectivity index (χ1n) is 9.42. The van der Waals surface area contributed by atoms with Gasteiger partial charge in [0.15, 0.2) is 5.78 Å². The lowest BCUT2D eigenvalue weighted by Crippen LogP contribution is -2.29. The van der Waals surface area contributed by atoms with Gasteiger partial charge < -0.3 is 5.32 Å². The number of carbonyl (C=O) groups excluding carboxylic acids is 1. The molecule has 0 saturated heterocycles. The Morgan fingerprint density at radius 1 is 0.963 bits per heavy atom. The fourth-order valence-electron chi connectivity index (χ4n) is 4.55. The van der Waals surface area contributed by atoms with Crippen molar-refractivity contribution >= 4 is 39.4 Å². The molecular formula is C24H20ClNO. The molecule has 1 aliphatic heterocycles. The van der Waals surface area contributed by atoms with Crippen molar-refractivity contribution in [3.8, 4) is 0 Å². The fraction of sp³-hybridized carbons (Fsp3) is 0.208. The summed E-state index contributed by atoms with van der Waals surface area (Å²) < 4.78 is 0. The number of fused-ring (bicyclic) bond motifs is 4. The molecular weight excluding hydrogens is 354 g/mol. The van der Waals surface area contributed by atoms with Crippen LogP contribution < -0.4 is 5.32 Å². The third-order valence-corrected chi connectivity index (χ3v) is 5.99. The monoisotopic (exact) mass is 373 g/mol. The summed E-state index contributed by atoms with van der Waals surface area (Å²) >= 11 is 6.08. The summed E-state index contributed by atoms with van der Waals surface area (Å²) in [6.45, 7) is 2.17. The van der Waals surface area contributed by atoms with Crippen molar-refractivity contribution in [1.29, 1.82) is 0 Å². The zero-order valence-corrected chi connectivity index (χ0v) is 15.9. The highest BCUT2D eigenvalue weighted by Crippen LogP contribution is 2.49. The maximum Gasteiger partial charge on any atom is 0.161 e. The summed E-state index contributed by atoms with van der Waals surface area (Å²) in [6, 6.07) is 20.4. The van der Waals surface area contributed by atoms with E-state index in [4.69, 9.17) is 11.6 Å². The van der Waals surface area contributed by atoms with Gasteiger partial charge in [-0.25, -0.2) is 0 Å². The minimum atomic E-state index is -0.120. The lowest BCUT2D eigenvalue weighted by atomic mass is 9.74. The molecule has 0 amide bonds. The first-order chi connectivity index (χ1) is 13.1. The molecule has 134 valence electrons. The number of nitrogens with one attached hydrogen (secondary N) is 1. The van der Waals surface area contributed by atoms with Gasteiger partial charge in [0.1, 0.15) is 0 Å². The van der Waals surface area contributed by atoms with Gasteiger partial charge in [0.25, 0.3) is 0 Å². The van der Waals surface area contributed by atoms with Gasteiger partial charge in [-0.15, -0.1) is 0 Å². The molecule has 0 radical (unpaired) electrons. The van der Waals surface area contributed by atoms with Crippen molar-refractivity contribution in [1.82, 2.24) is 0 Å². The van der Waals surface area contributed by atoms with Crippen LogP contribution in [-0.2, 0) is 4.79 Å². The van der Waals surface area contributed by atoms with E-state index in [-0.39, 0.29) is 11.8 Å². The Labute approximate surface area is 163 Å². The second-order valence-corrected chi connectivity index (χ2v) is 8.10. The zero-order chi connectivity index (χ0) is 18.5. The van der Waals surface area contributed by atoms with Gasteiger partial charge in [0.2, 0.25) is 0 Å². The van der Waals surface area contributed by atoms with E-state index in [0.29, 0.717) is 17.4 Å². The molecule has 1 aliphatic carbocycles. The zero-order valence-electron chi connectivity index (χ0n) is 15.1. The average molecular weight is 374 g/mol. The van der Waals surface area contributed by atoms with Gasteiger partial charge in [-0.05, 0) is 52.4 Å². The van der Waals surface area contributed by atoms with Gasteiger partial charge in [-0.2, -0.15) is 0 Å². The number of allylic oxidation sites excluding steroid dienone is 1. The predicted molar refractivity (Wildman–Crippen MR) is 112 cm³/mol. The molecule has 0 aromatic heterocycles. The minimum Gasteiger partial charge on any atom is -0.373 e. The Kier molecular flexibility index (Phi) is 3.84. The van der Waals surface area contributed by atoms with E-state index in [9.17, 15) is 4.79 Å². The van der Waals surface area contributed by atoms with Crippen LogP contribution in [0.3, 0.4) is 0 Å². The molecule has 5 rings (SSSR count). The van der Waals surface area contributed by atoms with Gasteiger partial charge in [-0.1, -0.05) is 61.0 Å². The molecule has 27 heavy (non-hydrogen) atoms. The van der Waals surface area contributed by atoms with Gasteiger partial charge in [0, 0.05) is 28.3 Å². The van der Waals surface area contributed by atoms with Crippen molar-refractivity contribution in [2.45, 2.75) is 25.8 Å². The first-order valence-corrected chi connectivity index (χ1v) is 9.80. The third-order valence-electron chi connectivity index (χ3n) is 5.73. The smallest absolute Gasteiger partial charge is 0.161 e. The van der Waals surface area contributed by atoms with E-state index in [0.717, 1.165) is 23.2 Å². The van der Waals surface area contributed by atoms with Crippen LogP contribution in [0.5, 0.6) is 0 Å². The third kappa shape index (κ3) is 2.67. The summed E-state index contributed by atoms with van der Waals surface area (Å²) in [5.41, 5.74) is 5.53. The molecule has 2 aliphatic rings. The van der Waals surface area contributed by atoms with Crippen LogP contribution in [0.25, 0.3) is 16.3 Å². The number of ketones is 1. The highest BCUT2D eigenvalue weighted by Gasteiger charge is 2.36. The molecule has 3 aromatic carbocycles. The van der Waals surface area contributed by atoms with Crippen molar-refractivity contribution in [3.63, 3.8) is 0 Å². The largest absolute Gasteiger partial charge is 0.373 e. The highest BCUT2D eigenvalue weighted by molar-refractivity contribution is 6.30. The average Bonchev–Trinajstić information content (AvgIpc) is 2.67. The molecule has 0 bridgehead atoms. The van der Waals surface area contributed by atoms with Crippen molar-refractivity contribution in [3.05, 3.63) is 82.4 Å². The summed E-state index contributed by atoms with van der Waals surface area (Å²) in [6.07, 6.45) is 1.55. The number of rotatable bonds is 1. The van der Waals surface area contributed by atoms with E-state index < -0.39 is 0 Å². The maximum atomic E-state index is 13.1. The van der Waals surface area contributed by atoms with Crippen LogP contribution in [0, 0.1) is 5.92 Å². The van der Waals surface area contributed by atoms with Crippen LogP contribution in [-0.4, -0.2) is 5.78 Å². The standard InChI is InChI=1S/C24H20ClNO/c1-14-12-19-22-18-5-3-2-4-15(18)8-11-20(22)26-24(23(19)21(27)13-14)16-6-9-17(25)10-7-16/h2-11,14,24,26H,12-13H2,1H3. The molecule has 0 fully saturated rings. The lowest BCUT2D eigenvalue weighted by Gasteiger charge is -2.36. The number of anilines is 1. The van der Waals surface area contributed by atoms with E-state index in [1.165, 1.54) is 21.9 Å². The number of Topliss-reactive ketones (excluding diaryl/α,β-unsaturated/α-hetero) is 1. The summed E-state index contributed by atoms with van der Waals surface area (Å²) in [4.78, 5) is 13.1. The Morgan fingerprint density at radius 3 is 2.56 bits per heavy atom. The number of halogens is 1. The molecule has 2 atom stereocenters. The van der Waals surface area contributed by atoms with Crippen LogP contribution in [0.1, 0.15) is 36.9 Å². The summed E-state index contributed by atoms with van der Waals surface area (Å²) in [5.74, 6) is 0.627. The quantitative estimate of drug-likeness (QED) is 0.533. The maximum absolute atomic E-state index is 13.1. The highest BCUT2D eigenvalue weighted by atomic mass is 35.5. The molecule has 0 spiro atoms. The Balaban J connectivity index is 1.78. The second kappa shape index (κ2) is 6.24.